The summed E-state index contributed by atoms with van der Waals surface area (Å²) >= 11 is 0. The Morgan fingerprint density at radius 3 is 2.50 bits per heavy atom. The molecule has 0 spiro atoms. The van der Waals surface area contributed by atoms with Crippen LogP contribution in [0.1, 0.15) is 36.7 Å². The highest BCUT2D eigenvalue weighted by atomic mass is 32.2. The van der Waals surface area contributed by atoms with Crippen molar-refractivity contribution < 1.29 is 27.5 Å². The SMILES string of the molecule is CN(CC(=O)NC(C)(C)C)C(=O)c1cccc(S(=O)(=O)NCc2ccc3c(c2)OCO3)c1. The number of sulfonamides is 1. The fraction of sp³-hybridized carbons (Fsp3) is 0.364. The lowest BCUT2D eigenvalue weighted by Gasteiger charge is -2.23. The highest BCUT2D eigenvalue weighted by Crippen LogP contribution is 2.32. The predicted molar refractivity (Wildman–Crippen MR) is 118 cm³/mol. The number of ether oxygens (including phenoxy) is 2. The van der Waals surface area contributed by atoms with E-state index >= 15 is 0 Å². The van der Waals surface area contributed by atoms with E-state index in [-0.39, 0.29) is 36.2 Å². The first-order valence-corrected chi connectivity index (χ1v) is 11.5. The van der Waals surface area contributed by atoms with Crippen molar-refractivity contribution in [2.24, 2.45) is 0 Å². The molecule has 0 bridgehead atoms. The molecule has 1 heterocycles. The summed E-state index contributed by atoms with van der Waals surface area (Å²) in [6.45, 7) is 5.57. The van der Waals surface area contributed by atoms with Crippen LogP contribution in [0.4, 0.5) is 0 Å². The summed E-state index contributed by atoms with van der Waals surface area (Å²) in [6.07, 6.45) is 0. The smallest absolute Gasteiger partial charge is 0.254 e. The van der Waals surface area contributed by atoms with Crippen LogP contribution in [0.2, 0.25) is 0 Å². The molecule has 0 aliphatic carbocycles. The number of carbonyl (C=O) groups is 2. The molecule has 0 fully saturated rings. The van der Waals surface area contributed by atoms with Crippen molar-refractivity contribution in [3.05, 3.63) is 53.6 Å². The molecule has 2 amide bonds. The molecule has 10 heteroatoms. The Labute approximate surface area is 187 Å². The van der Waals surface area contributed by atoms with Gasteiger partial charge in [0, 0.05) is 24.7 Å². The zero-order valence-electron chi connectivity index (χ0n) is 18.5. The summed E-state index contributed by atoms with van der Waals surface area (Å²) in [5.41, 5.74) is 0.454. The first kappa shape index (κ1) is 23.6. The summed E-state index contributed by atoms with van der Waals surface area (Å²) in [5.74, 6) is 0.417. The number of fused-ring (bicyclic) bond motifs is 1. The van der Waals surface area contributed by atoms with E-state index < -0.39 is 21.5 Å². The molecule has 172 valence electrons. The van der Waals surface area contributed by atoms with Gasteiger partial charge < -0.3 is 19.7 Å². The molecule has 1 aliphatic heterocycles. The minimum atomic E-state index is -3.87. The summed E-state index contributed by atoms with van der Waals surface area (Å²) in [4.78, 5) is 26.0. The molecule has 2 aromatic carbocycles. The summed E-state index contributed by atoms with van der Waals surface area (Å²) in [7, 11) is -2.38. The van der Waals surface area contributed by atoms with Crippen molar-refractivity contribution >= 4 is 21.8 Å². The largest absolute Gasteiger partial charge is 0.454 e. The Morgan fingerprint density at radius 1 is 1.06 bits per heavy atom. The number of benzene rings is 2. The van der Waals surface area contributed by atoms with Gasteiger partial charge in [-0.25, -0.2) is 13.1 Å². The highest BCUT2D eigenvalue weighted by Gasteiger charge is 2.21. The molecule has 0 radical (unpaired) electrons. The molecular formula is C22H27N3O6S. The van der Waals surface area contributed by atoms with Gasteiger partial charge in [-0.1, -0.05) is 12.1 Å². The lowest BCUT2D eigenvalue weighted by molar-refractivity contribution is -0.122. The average molecular weight is 462 g/mol. The lowest BCUT2D eigenvalue weighted by Crippen LogP contribution is -2.46. The van der Waals surface area contributed by atoms with Gasteiger partial charge in [0.1, 0.15) is 0 Å². The quantitative estimate of drug-likeness (QED) is 0.651. The second kappa shape index (κ2) is 9.17. The van der Waals surface area contributed by atoms with E-state index in [9.17, 15) is 18.0 Å². The molecule has 0 unspecified atom stereocenters. The predicted octanol–water partition coefficient (Wildman–Crippen LogP) is 1.88. The van der Waals surface area contributed by atoms with Gasteiger partial charge in [0.25, 0.3) is 5.91 Å². The van der Waals surface area contributed by atoms with Crippen LogP contribution >= 0.6 is 0 Å². The number of nitrogens with zero attached hydrogens (tertiary/aromatic N) is 1. The van der Waals surface area contributed by atoms with Gasteiger partial charge in [0.15, 0.2) is 11.5 Å². The van der Waals surface area contributed by atoms with Crippen LogP contribution < -0.4 is 19.5 Å². The third kappa shape index (κ3) is 5.98. The van der Waals surface area contributed by atoms with E-state index in [2.05, 4.69) is 10.0 Å². The molecule has 1 aliphatic rings. The number of nitrogens with one attached hydrogen (secondary N) is 2. The topological polar surface area (TPSA) is 114 Å². The maximum Gasteiger partial charge on any atom is 0.254 e. The molecule has 32 heavy (non-hydrogen) atoms. The first-order chi connectivity index (χ1) is 14.9. The molecule has 0 atom stereocenters. The Balaban J connectivity index is 1.67. The van der Waals surface area contributed by atoms with E-state index in [0.29, 0.717) is 17.1 Å². The number of hydrogen-bond acceptors (Lipinski definition) is 6. The Morgan fingerprint density at radius 2 is 1.78 bits per heavy atom. The molecule has 0 aromatic heterocycles. The van der Waals surface area contributed by atoms with Crippen LogP contribution in [0.25, 0.3) is 0 Å². The molecule has 9 nitrogen and oxygen atoms in total. The van der Waals surface area contributed by atoms with Gasteiger partial charge in [0.05, 0.1) is 11.4 Å². The van der Waals surface area contributed by atoms with Crippen LogP contribution in [-0.2, 0) is 21.4 Å². The molecule has 2 N–H and O–H groups in total. The van der Waals surface area contributed by atoms with Crippen LogP contribution in [0.15, 0.2) is 47.4 Å². The van der Waals surface area contributed by atoms with Crippen molar-refractivity contribution in [1.29, 1.82) is 0 Å². The molecule has 0 saturated carbocycles. The summed E-state index contributed by atoms with van der Waals surface area (Å²) < 4.78 is 38.6. The Kier molecular flexibility index (Phi) is 6.75. The van der Waals surface area contributed by atoms with Gasteiger partial charge in [-0.2, -0.15) is 0 Å². The van der Waals surface area contributed by atoms with Gasteiger partial charge >= 0.3 is 0 Å². The van der Waals surface area contributed by atoms with Crippen molar-refractivity contribution in [2.45, 2.75) is 37.8 Å². The molecular weight excluding hydrogens is 434 g/mol. The average Bonchev–Trinajstić information content (AvgIpc) is 3.18. The number of rotatable bonds is 7. The van der Waals surface area contributed by atoms with Crippen LogP contribution in [-0.4, -0.2) is 51.1 Å². The van der Waals surface area contributed by atoms with Gasteiger partial charge in [0.2, 0.25) is 22.7 Å². The van der Waals surface area contributed by atoms with E-state index in [1.54, 1.807) is 18.2 Å². The number of carbonyl (C=O) groups excluding carboxylic acids is 2. The third-order valence-corrected chi connectivity index (χ3v) is 5.94. The minimum absolute atomic E-state index is 0.0448. The summed E-state index contributed by atoms with van der Waals surface area (Å²) in [5, 5.41) is 2.78. The second-order valence-corrected chi connectivity index (χ2v) is 10.3. The molecule has 0 saturated heterocycles. The normalized spacial score (nSPS) is 13.0. The zero-order chi connectivity index (χ0) is 23.5. The van der Waals surface area contributed by atoms with Crippen molar-refractivity contribution in [3.8, 4) is 11.5 Å². The maximum absolute atomic E-state index is 12.8. The van der Waals surface area contributed by atoms with E-state index in [1.165, 1.54) is 36.2 Å². The van der Waals surface area contributed by atoms with Gasteiger partial charge in [-0.3, -0.25) is 9.59 Å². The van der Waals surface area contributed by atoms with E-state index in [1.807, 2.05) is 20.8 Å². The molecule has 2 aromatic rings. The third-order valence-electron chi connectivity index (χ3n) is 4.54. The van der Waals surface area contributed by atoms with Crippen molar-refractivity contribution in [3.63, 3.8) is 0 Å². The number of amides is 2. The maximum atomic E-state index is 12.8. The van der Waals surface area contributed by atoms with Crippen LogP contribution in [0.3, 0.4) is 0 Å². The molecule has 3 rings (SSSR count). The second-order valence-electron chi connectivity index (χ2n) is 8.50. The van der Waals surface area contributed by atoms with Crippen LogP contribution in [0.5, 0.6) is 11.5 Å². The van der Waals surface area contributed by atoms with E-state index in [0.717, 1.165) is 0 Å². The number of hydrogen-bond donors (Lipinski definition) is 2. The van der Waals surface area contributed by atoms with Gasteiger partial charge in [-0.15, -0.1) is 0 Å². The zero-order valence-corrected chi connectivity index (χ0v) is 19.3. The number of likely N-dealkylation sites (N-methyl/N-ethyl adjacent to an activating group) is 1. The minimum Gasteiger partial charge on any atom is -0.454 e. The fourth-order valence-electron chi connectivity index (χ4n) is 3.07. The van der Waals surface area contributed by atoms with E-state index in [4.69, 9.17) is 9.47 Å². The fourth-order valence-corrected chi connectivity index (χ4v) is 4.14. The monoisotopic (exact) mass is 461 g/mol. The lowest BCUT2D eigenvalue weighted by atomic mass is 10.1. The van der Waals surface area contributed by atoms with Crippen molar-refractivity contribution in [1.82, 2.24) is 14.9 Å². The Bertz CT molecular complexity index is 1120. The highest BCUT2D eigenvalue weighted by molar-refractivity contribution is 7.89. The Hall–Kier alpha value is -3.11. The standard InChI is InChI=1S/C22H27N3O6S/c1-22(2,3)24-20(26)13-25(4)21(27)16-6-5-7-17(11-16)32(28,29)23-12-15-8-9-18-19(10-15)31-14-30-18/h5-11,23H,12-14H2,1-4H3,(H,24,26). The van der Waals surface area contributed by atoms with Crippen molar-refractivity contribution in [2.75, 3.05) is 20.4 Å². The van der Waals surface area contributed by atoms with Gasteiger partial charge in [-0.05, 0) is 56.7 Å². The first-order valence-electron chi connectivity index (χ1n) is 9.99. The van der Waals surface area contributed by atoms with Crippen LogP contribution in [0, 0.1) is 0 Å². The summed E-state index contributed by atoms with van der Waals surface area (Å²) in [6, 6.07) is 10.9.